The quantitative estimate of drug-likeness (QED) is 0.628. The van der Waals surface area contributed by atoms with Gasteiger partial charge in [0.2, 0.25) is 11.9 Å². The van der Waals surface area contributed by atoms with E-state index in [1.807, 2.05) is 47.8 Å². The maximum absolute atomic E-state index is 11.8. The van der Waals surface area contributed by atoms with Crippen molar-refractivity contribution in [3.8, 4) is 0 Å². The zero-order valence-electron chi connectivity index (χ0n) is 13.4. The molecule has 8 heteroatoms. The first-order valence-corrected chi connectivity index (χ1v) is 8.57. The first kappa shape index (κ1) is 16.8. The van der Waals surface area contributed by atoms with Gasteiger partial charge in [-0.05, 0) is 30.0 Å². The van der Waals surface area contributed by atoms with Crippen molar-refractivity contribution in [1.29, 1.82) is 0 Å². The summed E-state index contributed by atoms with van der Waals surface area (Å²) in [6, 6.07) is 13.4. The van der Waals surface area contributed by atoms with E-state index in [1.54, 1.807) is 11.3 Å². The van der Waals surface area contributed by atoms with Gasteiger partial charge in [-0.25, -0.2) is 0 Å². The van der Waals surface area contributed by atoms with E-state index in [4.69, 9.17) is 10.5 Å². The molecule has 3 aromatic rings. The van der Waals surface area contributed by atoms with Crippen molar-refractivity contribution in [3.05, 3.63) is 58.5 Å². The number of hydrogen-bond acceptors (Lipinski definition) is 8. The van der Waals surface area contributed by atoms with Gasteiger partial charge in [0.15, 0.2) is 12.4 Å². The highest BCUT2D eigenvalue weighted by molar-refractivity contribution is 7.09. The number of nitrogen functional groups attached to an aromatic ring is 1. The number of carbonyl (C=O) groups excluding carboxylic acids is 1. The number of aromatic nitrogens is 3. The van der Waals surface area contributed by atoms with E-state index in [9.17, 15) is 4.79 Å². The molecule has 3 rings (SSSR count). The van der Waals surface area contributed by atoms with Crippen LogP contribution in [0.25, 0.3) is 0 Å². The van der Waals surface area contributed by atoms with Crippen LogP contribution in [0.15, 0.2) is 47.8 Å². The molecule has 0 bridgehead atoms. The second-order valence-corrected chi connectivity index (χ2v) is 6.20. The minimum absolute atomic E-state index is 0.0422. The van der Waals surface area contributed by atoms with Gasteiger partial charge in [0.1, 0.15) is 0 Å². The second-order valence-electron chi connectivity index (χ2n) is 5.16. The molecule has 0 saturated carbocycles. The van der Waals surface area contributed by atoms with E-state index in [0.29, 0.717) is 24.6 Å². The summed E-state index contributed by atoms with van der Waals surface area (Å²) < 4.78 is 5.22. The number of ether oxygens (including phenoxy) is 1. The van der Waals surface area contributed by atoms with Crippen LogP contribution in [0.2, 0.25) is 0 Å². The van der Waals surface area contributed by atoms with Crippen LogP contribution in [0.4, 0.5) is 17.6 Å². The third-order valence-electron chi connectivity index (χ3n) is 3.25. The van der Waals surface area contributed by atoms with Crippen LogP contribution in [-0.4, -0.2) is 20.9 Å². The molecule has 25 heavy (non-hydrogen) atoms. The Morgan fingerprint density at radius 3 is 2.72 bits per heavy atom. The number of aryl methyl sites for hydroxylation is 1. The number of nitrogens with two attached hydrogens (primary N) is 1. The summed E-state index contributed by atoms with van der Waals surface area (Å²) in [6.45, 7) is -0.0422. The number of hydrogen-bond donors (Lipinski definition) is 2. The number of nitrogens with one attached hydrogen (secondary N) is 1. The van der Waals surface area contributed by atoms with Gasteiger partial charge >= 0.3 is 5.97 Å². The molecule has 0 atom stereocenters. The molecule has 0 radical (unpaired) electrons. The zero-order chi connectivity index (χ0) is 17.5. The Morgan fingerprint density at radius 2 is 1.96 bits per heavy atom. The van der Waals surface area contributed by atoms with Crippen LogP contribution in [0.5, 0.6) is 0 Å². The normalized spacial score (nSPS) is 10.4. The molecule has 7 nitrogen and oxygen atoms in total. The standard InChI is InChI=1S/C17H17N5O2S/c18-16-20-14(11-24-15(23)9-8-13-7-4-10-25-13)21-17(22-16)19-12-5-2-1-3-6-12/h1-7,10H,8-9,11H2,(H3,18,19,20,21,22). The van der Waals surface area contributed by atoms with Crippen molar-refractivity contribution in [3.63, 3.8) is 0 Å². The van der Waals surface area contributed by atoms with Gasteiger partial charge in [0.05, 0.1) is 6.42 Å². The summed E-state index contributed by atoms with van der Waals surface area (Å²) in [7, 11) is 0. The Morgan fingerprint density at radius 1 is 1.12 bits per heavy atom. The van der Waals surface area contributed by atoms with E-state index in [2.05, 4.69) is 20.3 Å². The van der Waals surface area contributed by atoms with Gasteiger partial charge in [0, 0.05) is 10.6 Å². The van der Waals surface area contributed by atoms with Crippen molar-refractivity contribution in [2.75, 3.05) is 11.1 Å². The van der Waals surface area contributed by atoms with Crippen molar-refractivity contribution < 1.29 is 9.53 Å². The summed E-state index contributed by atoms with van der Waals surface area (Å²) >= 11 is 1.62. The van der Waals surface area contributed by atoms with E-state index in [1.165, 1.54) is 0 Å². The van der Waals surface area contributed by atoms with E-state index < -0.39 is 0 Å². The monoisotopic (exact) mass is 355 g/mol. The van der Waals surface area contributed by atoms with Crippen molar-refractivity contribution >= 4 is 34.9 Å². The molecule has 0 spiro atoms. The summed E-state index contributed by atoms with van der Waals surface area (Å²) in [4.78, 5) is 25.2. The molecule has 0 saturated heterocycles. The molecule has 0 amide bonds. The lowest BCUT2D eigenvalue weighted by Gasteiger charge is -2.08. The molecule has 0 fully saturated rings. The third-order valence-corrected chi connectivity index (χ3v) is 4.18. The molecular weight excluding hydrogens is 338 g/mol. The molecule has 0 aliphatic carbocycles. The highest BCUT2D eigenvalue weighted by atomic mass is 32.1. The van der Waals surface area contributed by atoms with Crippen LogP contribution in [0.3, 0.4) is 0 Å². The van der Waals surface area contributed by atoms with Crippen LogP contribution in [0.1, 0.15) is 17.1 Å². The van der Waals surface area contributed by atoms with Gasteiger partial charge < -0.3 is 15.8 Å². The van der Waals surface area contributed by atoms with E-state index in [-0.39, 0.29) is 18.5 Å². The summed E-state index contributed by atoms with van der Waals surface area (Å²) in [5, 5.41) is 5.02. The summed E-state index contributed by atoms with van der Waals surface area (Å²) in [6.07, 6.45) is 0.979. The van der Waals surface area contributed by atoms with Gasteiger partial charge in [-0.1, -0.05) is 24.3 Å². The first-order valence-electron chi connectivity index (χ1n) is 7.69. The average Bonchev–Trinajstić information content (AvgIpc) is 3.12. The number of carbonyl (C=O) groups is 1. The van der Waals surface area contributed by atoms with Crippen molar-refractivity contribution in [2.24, 2.45) is 0 Å². The van der Waals surface area contributed by atoms with Crippen molar-refractivity contribution in [1.82, 2.24) is 15.0 Å². The van der Waals surface area contributed by atoms with Gasteiger partial charge in [-0.15, -0.1) is 11.3 Å². The molecule has 0 unspecified atom stereocenters. The molecule has 3 N–H and O–H groups in total. The first-order chi connectivity index (χ1) is 12.2. The third kappa shape index (κ3) is 5.25. The lowest BCUT2D eigenvalue weighted by Crippen LogP contribution is -2.11. The molecule has 2 heterocycles. The number of anilines is 3. The minimum Gasteiger partial charge on any atom is -0.457 e. The Bertz CT molecular complexity index is 824. The molecular formula is C17H17N5O2S. The van der Waals surface area contributed by atoms with E-state index >= 15 is 0 Å². The Kier molecular flexibility index (Phi) is 5.53. The number of benzene rings is 1. The molecule has 0 aliphatic rings. The smallest absolute Gasteiger partial charge is 0.306 e. The predicted octanol–water partition coefficient (Wildman–Crippen LogP) is 2.93. The highest BCUT2D eigenvalue weighted by Crippen LogP contribution is 2.14. The lowest BCUT2D eigenvalue weighted by atomic mass is 10.3. The fourth-order valence-electron chi connectivity index (χ4n) is 2.11. The number of rotatable bonds is 7. The van der Waals surface area contributed by atoms with Gasteiger partial charge in [-0.2, -0.15) is 15.0 Å². The number of nitrogens with zero attached hydrogens (tertiary/aromatic N) is 3. The molecule has 128 valence electrons. The average molecular weight is 355 g/mol. The second kappa shape index (κ2) is 8.20. The van der Waals surface area contributed by atoms with Gasteiger partial charge in [-0.3, -0.25) is 4.79 Å². The van der Waals surface area contributed by atoms with Crippen LogP contribution >= 0.6 is 11.3 Å². The Balaban J connectivity index is 1.55. The molecule has 1 aromatic carbocycles. The maximum Gasteiger partial charge on any atom is 0.306 e. The molecule has 2 aromatic heterocycles. The van der Waals surface area contributed by atoms with Crippen LogP contribution < -0.4 is 11.1 Å². The fourth-order valence-corrected chi connectivity index (χ4v) is 2.82. The Labute approximate surface area is 148 Å². The maximum atomic E-state index is 11.8. The Hall–Kier alpha value is -3.00. The number of thiophene rings is 1. The number of para-hydroxylation sites is 1. The zero-order valence-corrected chi connectivity index (χ0v) is 14.2. The summed E-state index contributed by atoms with van der Waals surface area (Å²) in [5.41, 5.74) is 6.53. The van der Waals surface area contributed by atoms with Crippen LogP contribution in [-0.2, 0) is 22.6 Å². The van der Waals surface area contributed by atoms with E-state index in [0.717, 1.165) is 10.6 Å². The van der Waals surface area contributed by atoms with Gasteiger partial charge in [0.25, 0.3) is 0 Å². The van der Waals surface area contributed by atoms with Crippen LogP contribution in [0, 0.1) is 0 Å². The largest absolute Gasteiger partial charge is 0.457 e. The summed E-state index contributed by atoms with van der Waals surface area (Å²) in [5.74, 6) is 0.377. The van der Waals surface area contributed by atoms with Crippen molar-refractivity contribution in [2.45, 2.75) is 19.4 Å². The SMILES string of the molecule is Nc1nc(COC(=O)CCc2cccs2)nc(Nc2ccccc2)n1. The number of esters is 1. The minimum atomic E-state index is -0.301. The predicted molar refractivity (Wildman–Crippen MR) is 96.4 cm³/mol. The fraction of sp³-hybridized carbons (Fsp3) is 0.176. The topological polar surface area (TPSA) is 103 Å². The highest BCUT2D eigenvalue weighted by Gasteiger charge is 2.09. The molecule has 0 aliphatic heterocycles. The lowest BCUT2D eigenvalue weighted by molar-refractivity contribution is -0.145.